The molecule has 2 aliphatic heterocycles. The van der Waals surface area contributed by atoms with E-state index in [1.807, 2.05) is 12.3 Å². The van der Waals surface area contributed by atoms with Crippen molar-refractivity contribution in [2.24, 2.45) is 0 Å². The van der Waals surface area contributed by atoms with Crippen molar-refractivity contribution in [3.05, 3.63) is 22.6 Å². The third-order valence-electron chi connectivity index (χ3n) is 4.84. The average Bonchev–Trinajstić information content (AvgIpc) is 3.07. The zero-order valence-corrected chi connectivity index (χ0v) is 14.1. The molecule has 2 aliphatic rings. The van der Waals surface area contributed by atoms with Gasteiger partial charge in [0.25, 0.3) is 0 Å². The molecule has 2 aromatic heterocycles. The Morgan fingerprint density at radius 3 is 3.00 bits per heavy atom. The van der Waals surface area contributed by atoms with Crippen molar-refractivity contribution in [1.29, 1.82) is 0 Å². The zero-order valence-electron chi connectivity index (χ0n) is 11.8. The normalized spacial score (nSPS) is 26.4. The van der Waals surface area contributed by atoms with Gasteiger partial charge in [0.2, 0.25) is 0 Å². The number of imidazole rings is 1. The Hall–Kier alpha value is -0.650. The monoisotopic (exact) mass is 368 g/mol. The molecular formula is C15H18BrClN4. The van der Waals surface area contributed by atoms with Gasteiger partial charge in [-0.3, -0.25) is 4.90 Å². The number of rotatable bonds is 2. The van der Waals surface area contributed by atoms with Crippen molar-refractivity contribution in [2.75, 3.05) is 13.1 Å². The van der Waals surface area contributed by atoms with Crippen LogP contribution in [0.25, 0.3) is 11.2 Å². The maximum absolute atomic E-state index is 6.16. The SMILES string of the molecule is ClCc1nc2cc(Br)cnc2n1C1CCN2CCCCC12. The molecule has 0 saturated carbocycles. The van der Waals surface area contributed by atoms with Gasteiger partial charge in [-0.15, -0.1) is 11.6 Å². The van der Waals surface area contributed by atoms with E-state index in [-0.39, 0.29) is 0 Å². The van der Waals surface area contributed by atoms with Crippen LogP contribution >= 0.6 is 27.5 Å². The first-order chi connectivity index (χ1) is 10.3. The van der Waals surface area contributed by atoms with Gasteiger partial charge in [0.05, 0.1) is 11.9 Å². The Labute approximate surface area is 137 Å². The molecule has 0 aromatic carbocycles. The minimum atomic E-state index is 0.442. The molecule has 2 unspecified atom stereocenters. The van der Waals surface area contributed by atoms with Gasteiger partial charge in [-0.2, -0.15) is 0 Å². The van der Waals surface area contributed by atoms with E-state index in [1.54, 1.807) is 0 Å². The molecular weight excluding hydrogens is 352 g/mol. The highest BCUT2D eigenvalue weighted by atomic mass is 79.9. The minimum absolute atomic E-state index is 0.442. The summed E-state index contributed by atoms with van der Waals surface area (Å²) in [6.45, 7) is 2.43. The summed E-state index contributed by atoms with van der Waals surface area (Å²) in [6.07, 6.45) is 6.98. The molecule has 2 atom stereocenters. The van der Waals surface area contributed by atoms with Gasteiger partial charge >= 0.3 is 0 Å². The van der Waals surface area contributed by atoms with Gasteiger partial charge in [0.1, 0.15) is 11.3 Å². The number of aromatic nitrogens is 3. The van der Waals surface area contributed by atoms with Crippen molar-refractivity contribution in [3.8, 4) is 0 Å². The molecule has 0 radical (unpaired) electrons. The number of halogens is 2. The van der Waals surface area contributed by atoms with E-state index >= 15 is 0 Å². The predicted octanol–water partition coefficient (Wildman–Crippen LogP) is 3.73. The fraction of sp³-hybridized carbons (Fsp3) is 0.600. The smallest absolute Gasteiger partial charge is 0.160 e. The quantitative estimate of drug-likeness (QED) is 0.756. The highest BCUT2D eigenvalue weighted by molar-refractivity contribution is 9.10. The second-order valence-corrected chi connectivity index (χ2v) is 7.17. The van der Waals surface area contributed by atoms with Crippen molar-refractivity contribution in [1.82, 2.24) is 19.4 Å². The number of nitrogens with zero attached hydrogens (tertiary/aromatic N) is 4. The molecule has 2 fully saturated rings. The number of fused-ring (bicyclic) bond motifs is 2. The number of hydrogen-bond acceptors (Lipinski definition) is 3. The van der Waals surface area contributed by atoms with Crippen LogP contribution in [-0.2, 0) is 5.88 Å². The Morgan fingerprint density at radius 2 is 2.14 bits per heavy atom. The fourth-order valence-electron chi connectivity index (χ4n) is 3.97. The van der Waals surface area contributed by atoms with E-state index in [9.17, 15) is 0 Å². The lowest BCUT2D eigenvalue weighted by Gasteiger charge is -2.33. The topological polar surface area (TPSA) is 34.0 Å². The van der Waals surface area contributed by atoms with Gasteiger partial charge in [-0.25, -0.2) is 9.97 Å². The standard InChI is InChI=1S/C15H18BrClN4/c16-10-7-11-15(18-9-10)21(14(8-17)19-11)13-4-6-20-5-2-1-3-12(13)20/h7,9,12-13H,1-6,8H2. The first-order valence-electron chi connectivity index (χ1n) is 7.60. The number of hydrogen-bond donors (Lipinski definition) is 0. The maximum Gasteiger partial charge on any atom is 0.160 e. The summed E-state index contributed by atoms with van der Waals surface area (Å²) < 4.78 is 3.27. The summed E-state index contributed by atoms with van der Waals surface area (Å²) in [6, 6.07) is 3.13. The third-order valence-corrected chi connectivity index (χ3v) is 5.51. The lowest BCUT2D eigenvalue weighted by atomic mass is 9.99. The first kappa shape index (κ1) is 14.0. The average molecular weight is 370 g/mol. The van der Waals surface area contributed by atoms with Crippen LogP contribution in [0, 0.1) is 0 Å². The van der Waals surface area contributed by atoms with E-state index in [1.165, 1.54) is 38.8 Å². The van der Waals surface area contributed by atoms with Crippen LogP contribution in [0.2, 0.25) is 0 Å². The van der Waals surface area contributed by atoms with Crippen LogP contribution in [0.3, 0.4) is 0 Å². The molecule has 0 amide bonds. The number of alkyl halides is 1. The summed E-state index contributed by atoms with van der Waals surface area (Å²) in [5, 5.41) is 0. The summed E-state index contributed by atoms with van der Waals surface area (Å²) >= 11 is 9.63. The van der Waals surface area contributed by atoms with E-state index in [0.717, 1.165) is 21.5 Å². The molecule has 2 aromatic rings. The molecule has 6 heteroatoms. The van der Waals surface area contributed by atoms with E-state index in [0.29, 0.717) is 18.0 Å². The maximum atomic E-state index is 6.16. The fourth-order valence-corrected chi connectivity index (χ4v) is 4.48. The molecule has 112 valence electrons. The number of pyridine rings is 1. The first-order valence-corrected chi connectivity index (χ1v) is 8.93. The van der Waals surface area contributed by atoms with Crippen molar-refractivity contribution < 1.29 is 0 Å². The molecule has 21 heavy (non-hydrogen) atoms. The van der Waals surface area contributed by atoms with Crippen LogP contribution < -0.4 is 0 Å². The van der Waals surface area contributed by atoms with Gasteiger partial charge in [-0.1, -0.05) is 6.42 Å². The highest BCUT2D eigenvalue weighted by Crippen LogP contribution is 2.37. The van der Waals surface area contributed by atoms with Crippen LogP contribution in [0.15, 0.2) is 16.7 Å². The molecule has 0 spiro atoms. The zero-order chi connectivity index (χ0) is 14.4. The van der Waals surface area contributed by atoms with Crippen LogP contribution in [0.1, 0.15) is 37.5 Å². The number of piperidine rings is 1. The Balaban J connectivity index is 1.81. The Bertz CT molecular complexity index is 671. The molecule has 2 saturated heterocycles. The molecule has 4 nitrogen and oxygen atoms in total. The predicted molar refractivity (Wildman–Crippen MR) is 87.7 cm³/mol. The van der Waals surface area contributed by atoms with Crippen molar-refractivity contribution in [2.45, 2.75) is 43.6 Å². The molecule has 4 rings (SSSR count). The highest BCUT2D eigenvalue weighted by Gasteiger charge is 2.38. The largest absolute Gasteiger partial charge is 0.307 e. The molecule has 0 bridgehead atoms. The van der Waals surface area contributed by atoms with Crippen LogP contribution in [0.4, 0.5) is 0 Å². The summed E-state index contributed by atoms with van der Waals surface area (Å²) in [4.78, 5) is 11.9. The Morgan fingerprint density at radius 1 is 1.24 bits per heavy atom. The Kier molecular flexibility index (Phi) is 3.67. The second kappa shape index (κ2) is 5.52. The van der Waals surface area contributed by atoms with E-state index in [4.69, 9.17) is 16.6 Å². The second-order valence-electron chi connectivity index (χ2n) is 5.98. The van der Waals surface area contributed by atoms with Gasteiger partial charge in [0, 0.05) is 23.3 Å². The van der Waals surface area contributed by atoms with Crippen LogP contribution in [-0.4, -0.2) is 38.6 Å². The lowest BCUT2D eigenvalue weighted by Crippen LogP contribution is -2.38. The minimum Gasteiger partial charge on any atom is -0.307 e. The lowest BCUT2D eigenvalue weighted by molar-refractivity contribution is 0.173. The summed E-state index contributed by atoms with van der Waals surface area (Å²) in [5.74, 6) is 1.40. The molecule has 0 N–H and O–H groups in total. The molecule has 4 heterocycles. The summed E-state index contributed by atoms with van der Waals surface area (Å²) in [7, 11) is 0. The molecule has 0 aliphatic carbocycles. The van der Waals surface area contributed by atoms with Crippen molar-refractivity contribution >= 4 is 38.7 Å². The third kappa shape index (κ3) is 2.30. The van der Waals surface area contributed by atoms with Gasteiger partial charge in [-0.05, 0) is 47.8 Å². The summed E-state index contributed by atoms with van der Waals surface area (Å²) in [5.41, 5.74) is 1.92. The van der Waals surface area contributed by atoms with Crippen LogP contribution in [0.5, 0.6) is 0 Å². The van der Waals surface area contributed by atoms with Crippen molar-refractivity contribution in [3.63, 3.8) is 0 Å². The van der Waals surface area contributed by atoms with Gasteiger partial charge < -0.3 is 4.57 Å². The van der Waals surface area contributed by atoms with Gasteiger partial charge in [0.15, 0.2) is 5.65 Å². The van der Waals surface area contributed by atoms with E-state index in [2.05, 4.69) is 30.4 Å². The van der Waals surface area contributed by atoms with E-state index < -0.39 is 0 Å².